The average Bonchev–Trinajstić information content (AvgIpc) is 2.42. The van der Waals surface area contributed by atoms with E-state index in [4.69, 9.17) is 5.84 Å². The van der Waals surface area contributed by atoms with Gasteiger partial charge in [-0.05, 0) is 19.1 Å². The number of hydrazine groups is 1. The molecular formula is C12H12F3N5O. The highest BCUT2D eigenvalue weighted by Gasteiger charge is 2.32. The Labute approximate surface area is 118 Å². The number of ether oxygens (including phenoxy) is 1. The zero-order valence-electron chi connectivity index (χ0n) is 10.9. The quantitative estimate of drug-likeness (QED) is 0.594. The highest BCUT2D eigenvalue weighted by molar-refractivity contribution is 5.66. The molecule has 1 heterocycles. The van der Waals surface area contributed by atoms with Crippen molar-refractivity contribution in [3.63, 3.8) is 0 Å². The van der Waals surface area contributed by atoms with Crippen molar-refractivity contribution in [2.45, 2.75) is 13.3 Å². The van der Waals surface area contributed by atoms with Crippen molar-refractivity contribution < 1.29 is 17.9 Å². The third-order valence-corrected chi connectivity index (χ3v) is 2.47. The van der Waals surface area contributed by atoms with E-state index in [2.05, 4.69) is 25.4 Å². The molecule has 0 atom stereocenters. The Morgan fingerprint density at radius 2 is 1.95 bits per heavy atom. The number of nitrogens with zero attached hydrogens (tertiary/aromatic N) is 2. The molecule has 0 unspecified atom stereocenters. The van der Waals surface area contributed by atoms with Gasteiger partial charge in [-0.2, -0.15) is 4.98 Å². The standard InChI is InChI=1S/C12H12F3N5O/c1-7-6-17-11(20-16)19-10(7)18-8-4-2-3-5-9(8)21-12(13,14)15/h2-6H,16H2,1H3,(H2,17,18,19,20). The van der Waals surface area contributed by atoms with Crippen LogP contribution in [0.3, 0.4) is 0 Å². The van der Waals surface area contributed by atoms with Gasteiger partial charge < -0.3 is 10.1 Å². The summed E-state index contributed by atoms with van der Waals surface area (Å²) in [5.74, 6) is 5.30. The number of nitrogen functional groups attached to an aromatic ring is 1. The first-order chi connectivity index (χ1) is 9.89. The van der Waals surface area contributed by atoms with Gasteiger partial charge in [0.15, 0.2) is 5.75 Å². The number of nitrogens with one attached hydrogen (secondary N) is 2. The Balaban J connectivity index is 2.31. The van der Waals surface area contributed by atoms with E-state index in [1.807, 2.05) is 0 Å². The van der Waals surface area contributed by atoms with Crippen LogP contribution in [0.5, 0.6) is 5.75 Å². The molecular weight excluding hydrogens is 287 g/mol. The molecule has 0 radical (unpaired) electrons. The lowest BCUT2D eigenvalue weighted by Crippen LogP contribution is -2.18. The molecule has 6 nitrogen and oxygen atoms in total. The second kappa shape index (κ2) is 5.83. The number of aryl methyl sites for hydroxylation is 1. The molecule has 0 amide bonds. The predicted octanol–water partition coefficient (Wildman–Crippen LogP) is 2.71. The van der Waals surface area contributed by atoms with Crippen LogP contribution in [-0.4, -0.2) is 16.3 Å². The minimum absolute atomic E-state index is 0.125. The van der Waals surface area contributed by atoms with Gasteiger partial charge in [-0.25, -0.2) is 10.8 Å². The SMILES string of the molecule is Cc1cnc(NN)nc1Nc1ccccc1OC(F)(F)F. The molecule has 0 saturated heterocycles. The first kappa shape index (κ1) is 14.9. The number of benzene rings is 1. The van der Waals surface area contributed by atoms with Crippen LogP contribution < -0.4 is 21.3 Å². The molecule has 1 aromatic heterocycles. The molecule has 21 heavy (non-hydrogen) atoms. The van der Waals surface area contributed by atoms with Crippen LogP contribution in [0, 0.1) is 6.92 Å². The summed E-state index contributed by atoms with van der Waals surface area (Å²) in [6.07, 6.45) is -3.29. The Kier molecular flexibility index (Phi) is 4.13. The predicted molar refractivity (Wildman–Crippen MR) is 71.0 cm³/mol. The van der Waals surface area contributed by atoms with E-state index >= 15 is 0 Å². The van der Waals surface area contributed by atoms with Gasteiger partial charge in [-0.3, -0.25) is 5.43 Å². The van der Waals surface area contributed by atoms with Crippen molar-refractivity contribution in [1.29, 1.82) is 0 Å². The summed E-state index contributed by atoms with van der Waals surface area (Å²) in [5, 5.41) is 2.77. The van der Waals surface area contributed by atoms with Crippen LogP contribution in [0.15, 0.2) is 30.5 Å². The van der Waals surface area contributed by atoms with Crippen molar-refractivity contribution in [3.05, 3.63) is 36.0 Å². The topological polar surface area (TPSA) is 85.1 Å². The van der Waals surface area contributed by atoms with Crippen molar-refractivity contribution in [2.24, 2.45) is 5.84 Å². The van der Waals surface area contributed by atoms with E-state index in [0.29, 0.717) is 11.4 Å². The third-order valence-electron chi connectivity index (χ3n) is 2.47. The van der Waals surface area contributed by atoms with Gasteiger partial charge >= 0.3 is 6.36 Å². The van der Waals surface area contributed by atoms with Gasteiger partial charge in [0.25, 0.3) is 0 Å². The monoisotopic (exact) mass is 299 g/mol. The van der Waals surface area contributed by atoms with Crippen molar-refractivity contribution in [3.8, 4) is 5.75 Å². The van der Waals surface area contributed by atoms with Gasteiger partial charge in [0.1, 0.15) is 5.82 Å². The fourth-order valence-corrected chi connectivity index (χ4v) is 1.55. The molecule has 0 saturated carbocycles. The number of halogens is 3. The summed E-state index contributed by atoms with van der Waals surface area (Å²) < 4.78 is 41.0. The maximum absolute atomic E-state index is 12.4. The summed E-state index contributed by atoms with van der Waals surface area (Å²) in [5.41, 5.74) is 3.02. The molecule has 0 bridgehead atoms. The summed E-state index contributed by atoms with van der Waals surface area (Å²) in [6, 6.07) is 5.66. The molecule has 2 aromatic rings. The normalized spacial score (nSPS) is 11.1. The van der Waals surface area contributed by atoms with Gasteiger partial charge in [0.2, 0.25) is 5.95 Å². The van der Waals surface area contributed by atoms with E-state index in [1.165, 1.54) is 24.4 Å². The summed E-state index contributed by atoms with van der Waals surface area (Å²) >= 11 is 0. The molecule has 112 valence electrons. The Bertz CT molecular complexity index is 633. The lowest BCUT2D eigenvalue weighted by atomic mass is 10.2. The summed E-state index contributed by atoms with van der Waals surface area (Å²) in [4.78, 5) is 7.91. The first-order valence-corrected chi connectivity index (χ1v) is 5.81. The fourth-order valence-electron chi connectivity index (χ4n) is 1.55. The van der Waals surface area contributed by atoms with Crippen LogP contribution >= 0.6 is 0 Å². The van der Waals surface area contributed by atoms with Crippen molar-refractivity contribution in [2.75, 3.05) is 10.7 Å². The lowest BCUT2D eigenvalue weighted by Gasteiger charge is -2.15. The number of aromatic nitrogens is 2. The molecule has 1 aromatic carbocycles. The number of anilines is 3. The number of hydrogen-bond donors (Lipinski definition) is 3. The van der Waals surface area contributed by atoms with E-state index in [0.717, 1.165) is 0 Å². The molecule has 0 spiro atoms. The Morgan fingerprint density at radius 1 is 1.24 bits per heavy atom. The second-order valence-corrected chi connectivity index (χ2v) is 4.04. The van der Waals surface area contributed by atoms with Gasteiger partial charge in [-0.1, -0.05) is 12.1 Å². The maximum atomic E-state index is 12.4. The molecule has 0 aliphatic rings. The molecule has 0 aliphatic heterocycles. The number of rotatable bonds is 4. The van der Waals surface area contributed by atoms with Crippen LogP contribution in [0.4, 0.5) is 30.6 Å². The summed E-state index contributed by atoms with van der Waals surface area (Å²) in [7, 11) is 0. The minimum atomic E-state index is -4.78. The fraction of sp³-hybridized carbons (Fsp3) is 0.167. The highest BCUT2D eigenvalue weighted by atomic mass is 19.4. The number of nitrogens with two attached hydrogens (primary N) is 1. The molecule has 9 heteroatoms. The Hall–Kier alpha value is -2.55. The average molecular weight is 299 g/mol. The molecule has 2 rings (SSSR count). The maximum Gasteiger partial charge on any atom is 0.573 e. The number of hydrogen-bond acceptors (Lipinski definition) is 6. The van der Waals surface area contributed by atoms with E-state index in [9.17, 15) is 13.2 Å². The number of para-hydroxylation sites is 2. The van der Waals surface area contributed by atoms with Crippen molar-refractivity contribution in [1.82, 2.24) is 9.97 Å². The first-order valence-electron chi connectivity index (χ1n) is 5.81. The highest BCUT2D eigenvalue weighted by Crippen LogP contribution is 2.32. The van der Waals surface area contributed by atoms with E-state index in [-0.39, 0.29) is 17.4 Å². The van der Waals surface area contributed by atoms with E-state index < -0.39 is 6.36 Å². The minimum Gasteiger partial charge on any atom is -0.404 e. The zero-order chi connectivity index (χ0) is 15.5. The number of alkyl halides is 3. The smallest absolute Gasteiger partial charge is 0.404 e. The lowest BCUT2D eigenvalue weighted by molar-refractivity contribution is -0.274. The van der Waals surface area contributed by atoms with Crippen LogP contribution in [0.1, 0.15) is 5.56 Å². The van der Waals surface area contributed by atoms with Gasteiger partial charge in [0.05, 0.1) is 5.69 Å². The third kappa shape index (κ3) is 3.96. The van der Waals surface area contributed by atoms with Crippen LogP contribution in [0.2, 0.25) is 0 Å². The van der Waals surface area contributed by atoms with Crippen LogP contribution in [-0.2, 0) is 0 Å². The summed E-state index contributed by atoms with van der Waals surface area (Å²) in [6.45, 7) is 1.70. The zero-order valence-corrected chi connectivity index (χ0v) is 10.9. The van der Waals surface area contributed by atoms with Gasteiger partial charge in [0, 0.05) is 11.8 Å². The molecule has 0 fully saturated rings. The van der Waals surface area contributed by atoms with Crippen molar-refractivity contribution >= 4 is 17.5 Å². The van der Waals surface area contributed by atoms with Gasteiger partial charge in [-0.15, -0.1) is 13.2 Å². The molecule has 0 aliphatic carbocycles. The molecule has 4 N–H and O–H groups in total. The second-order valence-electron chi connectivity index (χ2n) is 4.04. The van der Waals surface area contributed by atoms with E-state index in [1.54, 1.807) is 13.0 Å². The Morgan fingerprint density at radius 3 is 2.62 bits per heavy atom. The largest absolute Gasteiger partial charge is 0.573 e. The van der Waals surface area contributed by atoms with Crippen LogP contribution in [0.25, 0.3) is 0 Å².